The third-order valence-electron chi connectivity index (χ3n) is 3.98. The summed E-state index contributed by atoms with van der Waals surface area (Å²) in [6.45, 7) is 4.00. The van der Waals surface area contributed by atoms with Gasteiger partial charge in [0.25, 0.3) is 0 Å². The third-order valence-corrected chi connectivity index (χ3v) is 5.15. The van der Waals surface area contributed by atoms with Gasteiger partial charge in [-0.15, -0.1) is 11.8 Å². The zero-order valence-corrected chi connectivity index (χ0v) is 17.4. The fourth-order valence-electron chi connectivity index (χ4n) is 2.63. The maximum atomic E-state index is 8.94. The van der Waals surface area contributed by atoms with Crippen molar-refractivity contribution in [1.29, 1.82) is 0 Å². The quantitative estimate of drug-likeness (QED) is 0.213. The molecule has 0 heterocycles. The highest BCUT2D eigenvalue weighted by Crippen LogP contribution is 2.44. The number of rotatable bonds is 7. The first-order valence-electron chi connectivity index (χ1n) is 9.20. The average molecular weight is 390 g/mol. The Morgan fingerprint density at radius 2 is 1.85 bits per heavy atom. The lowest BCUT2D eigenvalue weighted by atomic mass is 10.1. The Kier molecular flexibility index (Phi) is 11.1. The zero-order valence-electron chi connectivity index (χ0n) is 16.6. The molecule has 0 aromatic heterocycles. The number of carbonyl (C=O) groups excluding carboxylic acids is 1. The molecule has 0 spiro atoms. The summed E-state index contributed by atoms with van der Waals surface area (Å²) in [5.74, 6) is 7.13. The number of anilines is 1. The number of amides is 1. The van der Waals surface area contributed by atoms with Gasteiger partial charge in [-0.3, -0.25) is 10.2 Å². The molecule has 3 rings (SSSR count). The Hall–Kier alpha value is -2.18. The molecule has 1 aliphatic carbocycles. The number of nitrogens with two attached hydrogens (primary N) is 1. The maximum absolute atomic E-state index is 8.94. The van der Waals surface area contributed by atoms with Gasteiger partial charge < -0.3 is 10.1 Å². The van der Waals surface area contributed by atoms with Crippen molar-refractivity contribution in [3.05, 3.63) is 53.6 Å². The molecule has 1 aliphatic rings. The number of benzene rings is 2. The summed E-state index contributed by atoms with van der Waals surface area (Å²) in [5.41, 5.74) is 5.87. The van der Waals surface area contributed by atoms with E-state index in [-0.39, 0.29) is 0 Å². The van der Waals surface area contributed by atoms with Crippen molar-refractivity contribution < 1.29 is 9.53 Å². The van der Waals surface area contributed by atoms with E-state index in [4.69, 9.17) is 9.53 Å². The zero-order chi connectivity index (χ0) is 20.1. The van der Waals surface area contributed by atoms with Crippen molar-refractivity contribution >= 4 is 23.9 Å². The van der Waals surface area contributed by atoms with Crippen LogP contribution in [0.2, 0.25) is 0 Å². The van der Waals surface area contributed by atoms with Crippen molar-refractivity contribution in [2.75, 3.05) is 19.5 Å². The molecule has 0 radical (unpaired) electrons. The molecule has 4 N–H and O–H groups in total. The topological polar surface area (TPSA) is 76.4 Å². The van der Waals surface area contributed by atoms with Gasteiger partial charge in [0.05, 0.1) is 17.7 Å². The summed E-state index contributed by atoms with van der Waals surface area (Å²) in [6.07, 6.45) is 3.09. The molecule has 1 saturated carbocycles. The van der Waals surface area contributed by atoms with Crippen molar-refractivity contribution in [3.63, 3.8) is 0 Å². The van der Waals surface area contributed by atoms with Crippen molar-refractivity contribution in [2.24, 2.45) is 5.84 Å². The molecule has 1 fully saturated rings. The summed E-state index contributed by atoms with van der Waals surface area (Å²) in [7, 11) is 3.69. The van der Waals surface area contributed by atoms with Crippen LogP contribution < -0.4 is 21.3 Å². The van der Waals surface area contributed by atoms with Gasteiger partial charge in [0, 0.05) is 12.8 Å². The molecule has 0 bridgehead atoms. The predicted octanol–water partition coefficient (Wildman–Crippen LogP) is 4.54. The van der Waals surface area contributed by atoms with Crippen molar-refractivity contribution in [2.45, 2.75) is 43.3 Å². The highest BCUT2D eigenvalue weighted by atomic mass is 32.2. The van der Waals surface area contributed by atoms with Gasteiger partial charge in [-0.1, -0.05) is 44.2 Å². The maximum Gasteiger partial charge on any atom is 0.221 e. The van der Waals surface area contributed by atoms with Gasteiger partial charge in [-0.05, 0) is 42.0 Å². The molecule has 2 aromatic rings. The van der Waals surface area contributed by atoms with Crippen LogP contribution in [0.15, 0.2) is 47.4 Å². The van der Waals surface area contributed by atoms with E-state index in [9.17, 15) is 0 Å². The summed E-state index contributed by atoms with van der Waals surface area (Å²) < 4.78 is 5.51. The second kappa shape index (κ2) is 13.1. The number of thioether (sulfide) groups is 1. The summed E-state index contributed by atoms with van der Waals surface area (Å²) in [4.78, 5) is 10.1. The van der Waals surface area contributed by atoms with Crippen LogP contribution in [0, 0.1) is 0 Å². The normalized spacial score (nSPS) is 11.9. The second-order valence-electron chi connectivity index (χ2n) is 5.63. The number of hydrogen-bond acceptors (Lipinski definition) is 5. The molecule has 6 heteroatoms. The molecule has 0 aliphatic heterocycles. The van der Waals surface area contributed by atoms with Crippen LogP contribution in [0.25, 0.3) is 0 Å². The van der Waals surface area contributed by atoms with E-state index in [1.54, 1.807) is 12.5 Å². The van der Waals surface area contributed by atoms with Crippen LogP contribution in [-0.2, 0) is 10.5 Å². The fraction of sp³-hybridized carbons (Fsp3) is 0.381. The predicted molar refractivity (Wildman–Crippen MR) is 115 cm³/mol. The molecule has 0 unspecified atom stereocenters. The minimum Gasteiger partial charge on any atom is -0.496 e. The van der Waals surface area contributed by atoms with E-state index in [0.29, 0.717) is 6.41 Å². The summed E-state index contributed by atoms with van der Waals surface area (Å²) in [6, 6.07) is 15.0. The highest BCUT2D eigenvalue weighted by molar-refractivity contribution is 7.98. The van der Waals surface area contributed by atoms with Gasteiger partial charge >= 0.3 is 0 Å². The van der Waals surface area contributed by atoms with Crippen LogP contribution in [0.3, 0.4) is 0 Å². The van der Waals surface area contributed by atoms with Crippen LogP contribution in [0.4, 0.5) is 5.69 Å². The molecule has 1 amide bonds. The molecule has 5 nitrogen and oxygen atoms in total. The average Bonchev–Trinajstić information content (AvgIpc) is 3.59. The Bertz CT molecular complexity index is 669. The van der Waals surface area contributed by atoms with Gasteiger partial charge in [-0.25, -0.2) is 5.84 Å². The molecule has 2 aromatic carbocycles. The van der Waals surface area contributed by atoms with Gasteiger partial charge in [0.1, 0.15) is 5.75 Å². The molecule has 27 heavy (non-hydrogen) atoms. The monoisotopic (exact) mass is 389 g/mol. The molecular weight excluding hydrogens is 358 g/mol. The van der Waals surface area contributed by atoms with Gasteiger partial charge in [-0.2, -0.15) is 0 Å². The van der Waals surface area contributed by atoms with Crippen LogP contribution >= 0.6 is 11.8 Å². The fourth-order valence-corrected chi connectivity index (χ4v) is 3.81. The smallest absolute Gasteiger partial charge is 0.221 e. The number of ether oxygens (including phenoxy) is 1. The lowest BCUT2D eigenvalue weighted by molar-refractivity contribution is -0.109. The van der Waals surface area contributed by atoms with E-state index < -0.39 is 0 Å². The first-order chi connectivity index (χ1) is 13.2. The van der Waals surface area contributed by atoms with E-state index in [1.165, 1.54) is 28.9 Å². The SMILES string of the molecule is CC.CNc1cccc(OC)c1SCc1ccccc1C1CC1.NNC=O. The van der Waals surface area contributed by atoms with Crippen LogP contribution in [0.1, 0.15) is 43.7 Å². The molecular formula is C21H31N3O2S. The molecule has 0 saturated heterocycles. The molecule has 0 atom stereocenters. The van der Waals surface area contributed by atoms with Crippen LogP contribution in [0.5, 0.6) is 5.75 Å². The van der Waals surface area contributed by atoms with Gasteiger partial charge in [0.2, 0.25) is 6.41 Å². The van der Waals surface area contributed by atoms with E-state index in [1.807, 2.05) is 44.8 Å². The lowest BCUT2D eigenvalue weighted by Gasteiger charge is -2.14. The number of nitrogens with one attached hydrogen (secondary N) is 2. The number of hydrazine groups is 1. The first-order valence-corrected chi connectivity index (χ1v) is 10.2. The second-order valence-corrected chi connectivity index (χ2v) is 6.62. The highest BCUT2D eigenvalue weighted by Gasteiger charge is 2.25. The van der Waals surface area contributed by atoms with E-state index >= 15 is 0 Å². The van der Waals surface area contributed by atoms with Gasteiger partial charge in [0.15, 0.2) is 0 Å². The summed E-state index contributed by atoms with van der Waals surface area (Å²) >= 11 is 1.85. The van der Waals surface area contributed by atoms with Crippen molar-refractivity contribution in [1.82, 2.24) is 5.43 Å². The third kappa shape index (κ3) is 7.15. The Morgan fingerprint density at radius 1 is 1.19 bits per heavy atom. The number of methoxy groups -OCH3 is 1. The van der Waals surface area contributed by atoms with E-state index in [2.05, 4.69) is 41.5 Å². The Balaban J connectivity index is 0.000000541. The first kappa shape index (κ1) is 22.9. The minimum atomic E-state index is 0.403. The van der Waals surface area contributed by atoms with Crippen molar-refractivity contribution in [3.8, 4) is 5.75 Å². The number of carbonyl (C=O) groups is 1. The lowest BCUT2D eigenvalue weighted by Crippen LogP contribution is -2.18. The van der Waals surface area contributed by atoms with Crippen LogP contribution in [-0.4, -0.2) is 20.6 Å². The largest absolute Gasteiger partial charge is 0.496 e. The Labute approximate surface area is 167 Å². The standard InChI is InChI=1S/C18H21NOS.C2H6.CH4N2O/c1-19-16-8-5-9-17(20-2)18(16)21-12-14-6-3-4-7-15(14)13-10-11-13;1-2;2-3-1-4/h3-9,13,19H,10-12H2,1-2H3;1-2H3;1H,2H2,(H,3,4). The summed E-state index contributed by atoms with van der Waals surface area (Å²) in [5, 5.41) is 3.26. The number of hydrogen-bond donors (Lipinski definition) is 3. The van der Waals surface area contributed by atoms with E-state index in [0.717, 1.165) is 23.1 Å². The minimum absolute atomic E-state index is 0.403. The Morgan fingerprint density at radius 3 is 2.41 bits per heavy atom. The molecule has 148 valence electrons.